The molecule has 0 bridgehead atoms. The van der Waals surface area contributed by atoms with Gasteiger partial charge in [-0.15, -0.1) is 0 Å². The van der Waals surface area contributed by atoms with Crippen molar-refractivity contribution in [3.05, 3.63) is 54.0 Å². The zero-order valence-electron chi connectivity index (χ0n) is 12.1. The third-order valence-corrected chi connectivity index (χ3v) is 3.25. The number of aromatic nitrogens is 1. The smallest absolute Gasteiger partial charge is 0.133 e. The number of allylic oxidation sites excluding steroid dienone is 3. The highest BCUT2D eigenvalue weighted by atomic mass is 19.1. The summed E-state index contributed by atoms with van der Waals surface area (Å²) in [6.45, 7) is 7.87. The molecule has 0 radical (unpaired) electrons. The van der Waals surface area contributed by atoms with Crippen LogP contribution in [0.3, 0.4) is 0 Å². The lowest BCUT2D eigenvalue weighted by atomic mass is 9.97. The summed E-state index contributed by atoms with van der Waals surface area (Å²) in [5, 5.41) is 4.36. The summed E-state index contributed by atoms with van der Waals surface area (Å²) in [6, 6.07) is 5.43. The summed E-state index contributed by atoms with van der Waals surface area (Å²) in [4.78, 5) is 4.15. The molecule has 0 saturated carbocycles. The lowest BCUT2D eigenvalue weighted by Gasteiger charge is -2.10. The Bertz CT molecular complexity index is 687. The fourth-order valence-electron chi connectivity index (χ4n) is 2.23. The molecule has 0 spiro atoms. The van der Waals surface area contributed by atoms with Crippen LogP contribution in [0.15, 0.2) is 42.6 Å². The molecule has 0 aliphatic rings. The lowest BCUT2D eigenvalue weighted by Crippen LogP contribution is -1.94. The van der Waals surface area contributed by atoms with E-state index in [0.29, 0.717) is 5.39 Å². The maximum Gasteiger partial charge on any atom is 0.133 e. The molecule has 0 atom stereocenters. The number of benzene rings is 1. The van der Waals surface area contributed by atoms with Crippen LogP contribution in [0.4, 0.5) is 10.2 Å². The second-order valence-corrected chi connectivity index (χ2v) is 4.95. The minimum Gasteiger partial charge on any atom is -0.373 e. The quantitative estimate of drug-likeness (QED) is 0.808. The van der Waals surface area contributed by atoms with E-state index in [1.54, 1.807) is 19.3 Å². The minimum absolute atomic E-state index is 0.242. The number of rotatable bonds is 4. The van der Waals surface area contributed by atoms with E-state index < -0.39 is 0 Å². The van der Waals surface area contributed by atoms with Crippen LogP contribution in [0.2, 0.25) is 0 Å². The lowest BCUT2D eigenvalue weighted by molar-refractivity contribution is 0.639. The van der Waals surface area contributed by atoms with Crippen molar-refractivity contribution in [1.82, 2.24) is 4.98 Å². The summed E-state index contributed by atoms with van der Waals surface area (Å²) in [5.74, 6) is 0.490. The SMILES string of the molecule is C=C(C)C/C(=C\C)c1cc(F)c2cnc(NC)cc2c1. The van der Waals surface area contributed by atoms with Crippen LogP contribution in [0.5, 0.6) is 0 Å². The molecular weight excluding hydrogens is 251 g/mol. The molecule has 0 amide bonds. The van der Waals surface area contributed by atoms with E-state index in [2.05, 4.69) is 16.9 Å². The molecule has 0 aliphatic heterocycles. The number of fused-ring (bicyclic) bond motifs is 1. The predicted octanol–water partition coefficient (Wildman–Crippen LogP) is 4.79. The highest BCUT2D eigenvalue weighted by Crippen LogP contribution is 2.28. The first-order valence-corrected chi connectivity index (χ1v) is 6.62. The van der Waals surface area contributed by atoms with E-state index in [1.807, 2.05) is 32.1 Å². The number of halogens is 1. The fourth-order valence-corrected chi connectivity index (χ4v) is 2.23. The van der Waals surface area contributed by atoms with Crippen LogP contribution in [-0.4, -0.2) is 12.0 Å². The zero-order chi connectivity index (χ0) is 14.7. The summed E-state index contributed by atoms with van der Waals surface area (Å²) in [5.41, 5.74) is 3.04. The Kier molecular flexibility index (Phi) is 4.18. The Hall–Kier alpha value is -2.16. The van der Waals surface area contributed by atoms with Gasteiger partial charge in [0, 0.05) is 18.6 Å². The first-order chi connectivity index (χ1) is 9.55. The first-order valence-electron chi connectivity index (χ1n) is 6.62. The van der Waals surface area contributed by atoms with Gasteiger partial charge in [0.05, 0.1) is 0 Å². The summed E-state index contributed by atoms with van der Waals surface area (Å²) in [6.07, 6.45) is 4.33. The van der Waals surface area contributed by atoms with Gasteiger partial charge in [0.15, 0.2) is 0 Å². The Morgan fingerprint density at radius 2 is 2.15 bits per heavy atom. The molecule has 1 heterocycles. The van der Waals surface area contributed by atoms with Gasteiger partial charge in [0.2, 0.25) is 0 Å². The Morgan fingerprint density at radius 1 is 1.40 bits per heavy atom. The molecule has 20 heavy (non-hydrogen) atoms. The first kappa shape index (κ1) is 14.3. The average Bonchev–Trinajstić information content (AvgIpc) is 2.43. The van der Waals surface area contributed by atoms with Gasteiger partial charge in [-0.25, -0.2) is 9.37 Å². The molecule has 0 aliphatic carbocycles. The van der Waals surface area contributed by atoms with Crippen molar-refractivity contribution in [2.45, 2.75) is 20.3 Å². The van der Waals surface area contributed by atoms with Crippen LogP contribution in [0, 0.1) is 5.82 Å². The maximum atomic E-state index is 14.2. The molecule has 0 fully saturated rings. The van der Waals surface area contributed by atoms with Gasteiger partial charge < -0.3 is 5.32 Å². The molecule has 3 heteroatoms. The zero-order valence-corrected chi connectivity index (χ0v) is 12.1. The van der Waals surface area contributed by atoms with E-state index in [4.69, 9.17) is 0 Å². The summed E-state index contributed by atoms with van der Waals surface area (Å²) >= 11 is 0. The fraction of sp³-hybridized carbons (Fsp3) is 0.235. The van der Waals surface area contributed by atoms with Gasteiger partial charge in [-0.2, -0.15) is 0 Å². The molecule has 2 aromatic rings. The second kappa shape index (κ2) is 5.87. The molecule has 2 nitrogen and oxygen atoms in total. The molecule has 1 aromatic heterocycles. The standard InChI is InChI=1S/C17H19FN2/c1-5-12(6-11(2)3)13-7-14-9-17(19-4)20-10-15(14)16(18)8-13/h5,7-10H,2,6H2,1,3-4H3,(H,19,20)/b12-5+. The van der Waals surface area contributed by atoms with E-state index in [-0.39, 0.29) is 5.82 Å². The van der Waals surface area contributed by atoms with E-state index in [1.165, 1.54) is 0 Å². The number of hydrogen-bond donors (Lipinski definition) is 1. The van der Waals surface area contributed by atoms with Gasteiger partial charge in [-0.05, 0) is 55.0 Å². The van der Waals surface area contributed by atoms with Crippen molar-refractivity contribution in [1.29, 1.82) is 0 Å². The Labute approximate surface area is 119 Å². The maximum absolute atomic E-state index is 14.2. The van der Waals surface area contributed by atoms with Crippen molar-refractivity contribution < 1.29 is 4.39 Å². The van der Waals surface area contributed by atoms with Crippen molar-refractivity contribution >= 4 is 22.2 Å². The van der Waals surface area contributed by atoms with Crippen molar-refractivity contribution in [2.75, 3.05) is 12.4 Å². The third kappa shape index (κ3) is 2.87. The number of anilines is 1. The van der Waals surface area contributed by atoms with E-state index >= 15 is 0 Å². The van der Waals surface area contributed by atoms with Crippen molar-refractivity contribution in [3.8, 4) is 0 Å². The highest BCUT2D eigenvalue weighted by molar-refractivity contribution is 5.88. The Balaban J connectivity index is 2.57. The van der Waals surface area contributed by atoms with Crippen LogP contribution in [-0.2, 0) is 0 Å². The molecule has 104 valence electrons. The average molecular weight is 270 g/mol. The van der Waals surface area contributed by atoms with Gasteiger partial charge in [-0.3, -0.25) is 0 Å². The molecule has 1 aromatic carbocycles. The Morgan fingerprint density at radius 3 is 2.75 bits per heavy atom. The van der Waals surface area contributed by atoms with Crippen molar-refractivity contribution in [2.24, 2.45) is 0 Å². The predicted molar refractivity (Wildman–Crippen MR) is 84.3 cm³/mol. The van der Waals surface area contributed by atoms with Crippen LogP contribution in [0.25, 0.3) is 16.3 Å². The molecule has 2 rings (SSSR count). The second-order valence-electron chi connectivity index (χ2n) is 4.95. The van der Waals surface area contributed by atoms with Crippen LogP contribution < -0.4 is 5.32 Å². The number of hydrogen-bond acceptors (Lipinski definition) is 2. The van der Waals surface area contributed by atoms with E-state index in [9.17, 15) is 4.39 Å². The highest BCUT2D eigenvalue weighted by Gasteiger charge is 2.08. The van der Waals surface area contributed by atoms with Gasteiger partial charge >= 0.3 is 0 Å². The number of pyridine rings is 1. The largest absolute Gasteiger partial charge is 0.373 e. The third-order valence-electron chi connectivity index (χ3n) is 3.25. The van der Waals surface area contributed by atoms with Gasteiger partial charge in [0.25, 0.3) is 0 Å². The molecule has 1 N–H and O–H groups in total. The summed E-state index contributed by atoms with van der Waals surface area (Å²) < 4.78 is 14.2. The van der Waals surface area contributed by atoms with Gasteiger partial charge in [0.1, 0.15) is 11.6 Å². The van der Waals surface area contributed by atoms with Crippen LogP contribution >= 0.6 is 0 Å². The topological polar surface area (TPSA) is 24.9 Å². The number of nitrogens with zero attached hydrogens (tertiary/aromatic N) is 1. The monoisotopic (exact) mass is 270 g/mol. The van der Waals surface area contributed by atoms with Gasteiger partial charge in [-0.1, -0.05) is 18.2 Å². The summed E-state index contributed by atoms with van der Waals surface area (Å²) in [7, 11) is 1.80. The molecular formula is C17H19FN2. The molecule has 0 unspecified atom stereocenters. The molecule has 0 saturated heterocycles. The minimum atomic E-state index is -0.242. The van der Waals surface area contributed by atoms with Crippen LogP contribution in [0.1, 0.15) is 25.8 Å². The number of nitrogens with one attached hydrogen (secondary N) is 1. The normalized spacial score (nSPS) is 11.7. The van der Waals surface area contributed by atoms with E-state index in [0.717, 1.165) is 34.3 Å². The van der Waals surface area contributed by atoms with Crippen molar-refractivity contribution in [3.63, 3.8) is 0 Å².